The molecule has 1 aliphatic rings. The lowest BCUT2D eigenvalue weighted by Gasteiger charge is -2.34. The van der Waals surface area contributed by atoms with E-state index in [1.807, 2.05) is 16.5 Å². The number of nitrogens with zero attached hydrogens (tertiary/aromatic N) is 4. The van der Waals surface area contributed by atoms with Crippen LogP contribution in [-0.2, 0) is 11.8 Å². The van der Waals surface area contributed by atoms with E-state index in [-0.39, 0.29) is 17.9 Å². The van der Waals surface area contributed by atoms with Crippen molar-refractivity contribution in [3.63, 3.8) is 0 Å². The third-order valence-electron chi connectivity index (χ3n) is 3.89. The van der Waals surface area contributed by atoms with Gasteiger partial charge in [0.25, 0.3) is 0 Å². The summed E-state index contributed by atoms with van der Waals surface area (Å²) >= 11 is 0. The average Bonchev–Trinajstić information content (AvgIpc) is 2.83. The number of hydrogen-bond donors (Lipinski definition) is 1. The van der Waals surface area contributed by atoms with Gasteiger partial charge in [0.2, 0.25) is 5.91 Å². The Labute approximate surface area is 120 Å². The van der Waals surface area contributed by atoms with Crippen LogP contribution in [0.5, 0.6) is 0 Å². The van der Waals surface area contributed by atoms with Gasteiger partial charge < -0.3 is 15.2 Å². The molecule has 2 unspecified atom stereocenters. The highest BCUT2D eigenvalue weighted by Crippen LogP contribution is 2.25. The molecular weight excluding hydrogens is 254 g/mol. The lowest BCUT2D eigenvalue weighted by molar-refractivity contribution is -0.134. The van der Waals surface area contributed by atoms with Gasteiger partial charge in [-0.2, -0.15) is 0 Å². The molecule has 1 aliphatic heterocycles. The zero-order valence-corrected chi connectivity index (χ0v) is 12.6. The third kappa shape index (κ3) is 3.36. The van der Waals surface area contributed by atoms with Crippen molar-refractivity contribution in [1.29, 1.82) is 0 Å². The fourth-order valence-electron chi connectivity index (χ4n) is 2.89. The number of piperidine rings is 1. The molecule has 2 N–H and O–H groups in total. The molecule has 0 aromatic carbocycles. The summed E-state index contributed by atoms with van der Waals surface area (Å²) in [6.45, 7) is 5.69. The van der Waals surface area contributed by atoms with E-state index in [1.54, 1.807) is 6.33 Å². The molecular formula is C14H25N5O. The van der Waals surface area contributed by atoms with Crippen molar-refractivity contribution in [2.75, 3.05) is 13.1 Å². The van der Waals surface area contributed by atoms with Crippen LogP contribution >= 0.6 is 0 Å². The summed E-state index contributed by atoms with van der Waals surface area (Å²) in [7, 11) is 1.95. The van der Waals surface area contributed by atoms with E-state index in [9.17, 15) is 4.79 Å². The Morgan fingerprint density at radius 2 is 2.30 bits per heavy atom. The number of carbonyl (C=O) groups is 1. The summed E-state index contributed by atoms with van der Waals surface area (Å²) in [5, 5.41) is 8.10. The van der Waals surface area contributed by atoms with Crippen LogP contribution in [0.3, 0.4) is 0 Å². The van der Waals surface area contributed by atoms with Gasteiger partial charge in [0, 0.05) is 26.1 Å². The summed E-state index contributed by atoms with van der Waals surface area (Å²) in [6, 6.07) is -0.381. The average molecular weight is 279 g/mol. The molecule has 1 aromatic heterocycles. The molecule has 1 amide bonds. The molecule has 0 aliphatic carbocycles. The maximum Gasteiger partial charge on any atom is 0.239 e. The number of likely N-dealkylation sites (tertiary alicyclic amines) is 1. The van der Waals surface area contributed by atoms with Crippen LogP contribution in [0.1, 0.15) is 44.9 Å². The minimum absolute atomic E-state index is 0.0746. The summed E-state index contributed by atoms with van der Waals surface area (Å²) in [6.07, 6.45) is 4.50. The minimum atomic E-state index is -0.381. The second kappa shape index (κ2) is 6.35. The maximum absolute atomic E-state index is 12.4. The van der Waals surface area contributed by atoms with Crippen LogP contribution in [0.25, 0.3) is 0 Å². The fourth-order valence-corrected chi connectivity index (χ4v) is 2.89. The van der Waals surface area contributed by atoms with Crippen molar-refractivity contribution in [1.82, 2.24) is 19.7 Å². The van der Waals surface area contributed by atoms with Crippen LogP contribution < -0.4 is 5.73 Å². The molecule has 0 spiro atoms. The molecule has 0 saturated carbocycles. The normalized spacial score (nSPS) is 21.2. The van der Waals surface area contributed by atoms with Crippen LogP contribution in [0.15, 0.2) is 6.33 Å². The predicted molar refractivity (Wildman–Crippen MR) is 77.0 cm³/mol. The molecule has 1 saturated heterocycles. The molecule has 0 radical (unpaired) electrons. The van der Waals surface area contributed by atoms with Crippen LogP contribution in [0.2, 0.25) is 0 Å². The van der Waals surface area contributed by atoms with Gasteiger partial charge in [-0.1, -0.05) is 13.8 Å². The molecule has 1 aromatic rings. The first-order chi connectivity index (χ1) is 9.49. The largest absolute Gasteiger partial charge is 0.341 e. The SMILES string of the molecule is CC(C)CC(N)C(=O)N1CCCC(c2nncn2C)C1. The van der Waals surface area contributed by atoms with Gasteiger partial charge in [0.05, 0.1) is 6.04 Å². The number of amides is 1. The van der Waals surface area contributed by atoms with Crippen LogP contribution in [0, 0.1) is 5.92 Å². The molecule has 112 valence electrons. The summed E-state index contributed by atoms with van der Waals surface area (Å²) < 4.78 is 1.94. The van der Waals surface area contributed by atoms with Gasteiger partial charge in [-0.25, -0.2) is 0 Å². The number of aryl methyl sites for hydroxylation is 1. The van der Waals surface area contributed by atoms with E-state index in [0.717, 1.165) is 31.6 Å². The van der Waals surface area contributed by atoms with E-state index in [0.29, 0.717) is 12.5 Å². The van der Waals surface area contributed by atoms with E-state index in [1.165, 1.54) is 0 Å². The molecule has 2 heterocycles. The maximum atomic E-state index is 12.4. The summed E-state index contributed by atoms with van der Waals surface area (Å²) in [5.74, 6) is 1.74. The Morgan fingerprint density at radius 3 is 2.90 bits per heavy atom. The Hall–Kier alpha value is -1.43. The zero-order chi connectivity index (χ0) is 14.7. The highest BCUT2D eigenvalue weighted by molar-refractivity contribution is 5.81. The van der Waals surface area contributed by atoms with Gasteiger partial charge in [0.1, 0.15) is 12.2 Å². The number of hydrogen-bond acceptors (Lipinski definition) is 4. The molecule has 20 heavy (non-hydrogen) atoms. The minimum Gasteiger partial charge on any atom is -0.341 e. The van der Waals surface area contributed by atoms with Crippen molar-refractivity contribution in [3.05, 3.63) is 12.2 Å². The Kier molecular flexibility index (Phi) is 4.75. The highest BCUT2D eigenvalue weighted by Gasteiger charge is 2.29. The lowest BCUT2D eigenvalue weighted by Crippen LogP contribution is -2.48. The summed E-state index contributed by atoms with van der Waals surface area (Å²) in [4.78, 5) is 14.3. The quantitative estimate of drug-likeness (QED) is 0.888. The standard InChI is InChI=1S/C14H25N5O/c1-10(2)7-12(15)14(20)19-6-4-5-11(8-19)13-17-16-9-18(13)3/h9-12H,4-8,15H2,1-3H3. The Morgan fingerprint density at radius 1 is 1.55 bits per heavy atom. The van der Waals surface area contributed by atoms with Crippen molar-refractivity contribution >= 4 is 5.91 Å². The smallest absolute Gasteiger partial charge is 0.239 e. The summed E-state index contributed by atoms with van der Waals surface area (Å²) in [5.41, 5.74) is 6.02. The highest BCUT2D eigenvalue weighted by atomic mass is 16.2. The Balaban J connectivity index is 2.00. The van der Waals surface area contributed by atoms with Gasteiger partial charge in [-0.15, -0.1) is 10.2 Å². The lowest BCUT2D eigenvalue weighted by atomic mass is 9.95. The first kappa shape index (κ1) is 15.0. The molecule has 2 atom stereocenters. The van der Waals surface area contributed by atoms with E-state index in [2.05, 4.69) is 24.0 Å². The van der Waals surface area contributed by atoms with Crippen molar-refractivity contribution in [2.24, 2.45) is 18.7 Å². The van der Waals surface area contributed by atoms with E-state index < -0.39 is 0 Å². The van der Waals surface area contributed by atoms with Gasteiger partial charge in [0.15, 0.2) is 0 Å². The van der Waals surface area contributed by atoms with Crippen LogP contribution in [-0.4, -0.2) is 44.7 Å². The van der Waals surface area contributed by atoms with E-state index >= 15 is 0 Å². The fraction of sp³-hybridized carbons (Fsp3) is 0.786. The molecule has 0 bridgehead atoms. The van der Waals surface area contributed by atoms with E-state index in [4.69, 9.17) is 5.73 Å². The number of carbonyl (C=O) groups excluding carboxylic acids is 1. The third-order valence-corrected chi connectivity index (χ3v) is 3.89. The first-order valence-corrected chi connectivity index (χ1v) is 7.37. The number of nitrogens with two attached hydrogens (primary N) is 1. The Bertz CT molecular complexity index is 456. The number of aromatic nitrogens is 3. The monoisotopic (exact) mass is 279 g/mol. The molecule has 6 nitrogen and oxygen atoms in total. The molecule has 2 rings (SSSR count). The van der Waals surface area contributed by atoms with Gasteiger partial charge in [-0.05, 0) is 25.2 Å². The predicted octanol–water partition coefficient (Wildman–Crippen LogP) is 0.894. The van der Waals surface area contributed by atoms with Crippen LogP contribution in [0.4, 0.5) is 0 Å². The van der Waals surface area contributed by atoms with Crippen molar-refractivity contribution in [2.45, 2.75) is 45.1 Å². The second-order valence-corrected chi connectivity index (χ2v) is 6.16. The van der Waals surface area contributed by atoms with Crippen molar-refractivity contribution in [3.8, 4) is 0 Å². The van der Waals surface area contributed by atoms with Gasteiger partial charge in [-0.3, -0.25) is 4.79 Å². The topological polar surface area (TPSA) is 77.0 Å². The second-order valence-electron chi connectivity index (χ2n) is 6.16. The first-order valence-electron chi connectivity index (χ1n) is 7.37. The molecule has 6 heteroatoms. The van der Waals surface area contributed by atoms with Crippen molar-refractivity contribution < 1.29 is 4.79 Å². The zero-order valence-electron chi connectivity index (χ0n) is 12.6. The molecule has 1 fully saturated rings. The van der Waals surface area contributed by atoms with Gasteiger partial charge >= 0.3 is 0 Å². The number of rotatable bonds is 4.